The largest absolute Gasteiger partial charge is 0.385 e. The predicted octanol–water partition coefficient (Wildman–Crippen LogP) is 3.95. The van der Waals surface area contributed by atoms with Crippen LogP contribution in [-0.4, -0.2) is 13.6 Å². The lowest BCUT2D eigenvalue weighted by molar-refractivity contribution is 0.627. The Bertz CT molecular complexity index is 595. The van der Waals surface area contributed by atoms with Crippen LogP contribution in [0.5, 0.6) is 0 Å². The van der Waals surface area contributed by atoms with Crippen molar-refractivity contribution in [2.24, 2.45) is 0 Å². The number of hydrogen-bond acceptors (Lipinski definition) is 2. The zero-order chi connectivity index (χ0) is 13.2. The van der Waals surface area contributed by atoms with Crippen LogP contribution in [0, 0.1) is 5.82 Å². The molecule has 0 aromatic heterocycles. The lowest BCUT2D eigenvalue weighted by Crippen LogP contribution is -2.15. The number of halogens is 1. The Kier molecular flexibility index (Phi) is 3.11. The second kappa shape index (κ2) is 4.92. The van der Waals surface area contributed by atoms with Gasteiger partial charge < -0.3 is 10.2 Å². The van der Waals surface area contributed by atoms with E-state index in [-0.39, 0.29) is 5.82 Å². The maximum absolute atomic E-state index is 13.8. The second-order valence-electron chi connectivity index (χ2n) is 4.88. The van der Waals surface area contributed by atoms with E-state index in [1.165, 1.54) is 17.3 Å². The van der Waals surface area contributed by atoms with E-state index in [0.29, 0.717) is 5.69 Å². The minimum Gasteiger partial charge on any atom is -0.385 e. The standard InChI is InChI=1S/C16H17FN2/c1-19(16-7-3-2-6-14(16)17)13-8-9-15-12(11-13)5-4-10-18-15/h2-3,6-9,11,18H,4-5,10H2,1H3. The van der Waals surface area contributed by atoms with Crippen molar-refractivity contribution in [1.82, 2.24) is 0 Å². The van der Waals surface area contributed by atoms with E-state index in [2.05, 4.69) is 17.4 Å². The summed E-state index contributed by atoms with van der Waals surface area (Å²) in [6.45, 7) is 1.04. The molecule has 1 aliphatic heterocycles. The Morgan fingerprint density at radius 3 is 2.84 bits per heavy atom. The fraction of sp³-hybridized carbons (Fsp3) is 0.250. The van der Waals surface area contributed by atoms with E-state index < -0.39 is 0 Å². The smallest absolute Gasteiger partial charge is 0.146 e. The Labute approximate surface area is 112 Å². The quantitative estimate of drug-likeness (QED) is 0.875. The number of nitrogens with zero attached hydrogens (tertiary/aromatic N) is 1. The van der Waals surface area contributed by atoms with Crippen LogP contribution in [0.2, 0.25) is 0 Å². The van der Waals surface area contributed by atoms with Crippen LogP contribution in [0.15, 0.2) is 42.5 Å². The van der Waals surface area contributed by atoms with Crippen LogP contribution in [0.25, 0.3) is 0 Å². The van der Waals surface area contributed by atoms with Crippen LogP contribution < -0.4 is 10.2 Å². The minimum atomic E-state index is -0.194. The zero-order valence-corrected chi connectivity index (χ0v) is 11.0. The van der Waals surface area contributed by atoms with Crippen LogP contribution in [-0.2, 0) is 6.42 Å². The molecule has 0 spiro atoms. The molecule has 1 N–H and O–H groups in total. The lowest BCUT2D eigenvalue weighted by atomic mass is 10.0. The normalized spacial score (nSPS) is 13.6. The van der Waals surface area contributed by atoms with Gasteiger partial charge in [0.1, 0.15) is 5.82 Å². The van der Waals surface area contributed by atoms with Gasteiger partial charge in [0.05, 0.1) is 5.69 Å². The molecule has 0 saturated heterocycles. The first-order valence-electron chi connectivity index (χ1n) is 6.61. The van der Waals surface area contributed by atoms with Gasteiger partial charge in [-0.25, -0.2) is 4.39 Å². The van der Waals surface area contributed by atoms with E-state index >= 15 is 0 Å². The molecular weight excluding hydrogens is 239 g/mol. The Hall–Kier alpha value is -2.03. The highest BCUT2D eigenvalue weighted by Gasteiger charge is 2.13. The van der Waals surface area contributed by atoms with E-state index in [1.54, 1.807) is 12.1 Å². The topological polar surface area (TPSA) is 15.3 Å². The van der Waals surface area contributed by atoms with Gasteiger partial charge in [-0.3, -0.25) is 0 Å². The molecule has 2 nitrogen and oxygen atoms in total. The van der Waals surface area contributed by atoms with Crippen molar-refractivity contribution in [3.63, 3.8) is 0 Å². The van der Waals surface area contributed by atoms with Gasteiger partial charge in [-0.15, -0.1) is 0 Å². The summed E-state index contributed by atoms with van der Waals surface area (Å²) in [4.78, 5) is 1.89. The SMILES string of the molecule is CN(c1ccc2c(c1)CCCN2)c1ccccc1F. The molecule has 1 heterocycles. The lowest BCUT2D eigenvalue weighted by Gasteiger charge is -2.24. The van der Waals surface area contributed by atoms with Gasteiger partial charge in [-0.1, -0.05) is 12.1 Å². The number of anilines is 3. The highest BCUT2D eigenvalue weighted by Crippen LogP contribution is 2.31. The summed E-state index contributed by atoms with van der Waals surface area (Å²) in [5, 5.41) is 3.39. The van der Waals surface area contributed by atoms with E-state index in [1.807, 2.05) is 24.1 Å². The van der Waals surface area contributed by atoms with Crippen LogP contribution >= 0.6 is 0 Å². The predicted molar refractivity (Wildman–Crippen MR) is 77.7 cm³/mol. The molecule has 1 aliphatic rings. The van der Waals surface area contributed by atoms with Crippen molar-refractivity contribution >= 4 is 17.1 Å². The number of fused-ring (bicyclic) bond motifs is 1. The fourth-order valence-corrected chi connectivity index (χ4v) is 2.53. The fourth-order valence-electron chi connectivity index (χ4n) is 2.53. The van der Waals surface area contributed by atoms with Gasteiger partial charge in [0.2, 0.25) is 0 Å². The average Bonchev–Trinajstić information content (AvgIpc) is 2.46. The number of hydrogen-bond donors (Lipinski definition) is 1. The number of aryl methyl sites for hydroxylation is 1. The molecule has 0 aliphatic carbocycles. The second-order valence-corrected chi connectivity index (χ2v) is 4.88. The first kappa shape index (κ1) is 12.0. The summed E-state index contributed by atoms with van der Waals surface area (Å²) in [6, 6.07) is 13.1. The van der Waals surface area contributed by atoms with E-state index in [4.69, 9.17) is 0 Å². The van der Waals surface area contributed by atoms with Gasteiger partial charge in [-0.2, -0.15) is 0 Å². The molecular formula is C16H17FN2. The monoisotopic (exact) mass is 256 g/mol. The third kappa shape index (κ3) is 2.28. The van der Waals surface area contributed by atoms with Gasteiger partial charge in [0.15, 0.2) is 0 Å². The molecule has 0 amide bonds. The molecule has 98 valence electrons. The van der Waals surface area contributed by atoms with Crippen molar-refractivity contribution < 1.29 is 4.39 Å². The van der Waals surface area contributed by atoms with Crippen molar-refractivity contribution in [3.05, 3.63) is 53.8 Å². The summed E-state index contributed by atoms with van der Waals surface area (Å²) in [5.74, 6) is -0.194. The van der Waals surface area contributed by atoms with E-state index in [0.717, 1.165) is 25.1 Å². The molecule has 3 rings (SSSR count). The number of benzene rings is 2. The molecule has 19 heavy (non-hydrogen) atoms. The highest BCUT2D eigenvalue weighted by atomic mass is 19.1. The summed E-state index contributed by atoms with van der Waals surface area (Å²) >= 11 is 0. The van der Waals surface area contributed by atoms with Crippen LogP contribution in [0.3, 0.4) is 0 Å². The van der Waals surface area contributed by atoms with Gasteiger partial charge in [0.25, 0.3) is 0 Å². The summed E-state index contributed by atoms with van der Waals surface area (Å²) in [5.41, 5.74) is 4.14. The third-order valence-electron chi connectivity index (χ3n) is 3.63. The molecule has 0 atom stereocenters. The van der Waals surface area contributed by atoms with Crippen molar-refractivity contribution in [3.8, 4) is 0 Å². The maximum atomic E-state index is 13.8. The zero-order valence-electron chi connectivity index (χ0n) is 11.0. The molecule has 2 aromatic rings. The van der Waals surface area contributed by atoms with Crippen LogP contribution in [0.4, 0.5) is 21.5 Å². The molecule has 0 saturated carbocycles. The van der Waals surface area contributed by atoms with Crippen molar-refractivity contribution in [2.45, 2.75) is 12.8 Å². The Morgan fingerprint density at radius 1 is 1.16 bits per heavy atom. The molecule has 2 aromatic carbocycles. The first-order valence-corrected chi connectivity index (χ1v) is 6.61. The van der Waals surface area contributed by atoms with Gasteiger partial charge in [0, 0.05) is 25.0 Å². The Balaban J connectivity index is 1.96. The number of rotatable bonds is 2. The van der Waals surface area contributed by atoms with Crippen LogP contribution in [0.1, 0.15) is 12.0 Å². The highest BCUT2D eigenvalue weighted by molar-refractivity contribution is 5.68. The molecule has 0 unspecified atom stereocenters. The van der Waals surface area contributed by atoms with E-state index in [9.17, 15) is 4.39 Å². The van der Waals surface area contributed by atoms with Gasteiger partial charge >= 0.3 is 0 Å². The first-order chi connectivity index (χ1) is 9.25. The average molecular weight is 256 g/mol. The van der Waals surface area contributed by atoms with Crippen molar-refractivity contribution in [1.29, 1.82) is 0 Å². The number of para-hydroxylation sites is 1. The van der Waals surface area contributed by atoms with Gasteiger partial charge in [-0.05, 0) is 48.7 Å². The minimum absolute atomic E-state index is 0.194. The summed E-state index contributed by atoms with van der Waals surface area (Å²) in [6.07, 6.45) is 2.24. The number of nitrogens with one attached hydrogen (secondary N) is 1. The maximum Gasteiger partial charge on any atom is 0.146 e. The summed E-state index contributed by atoms with van der Waals surface area (Å²) in [7, 11) is 1.90. The molecule has 0 bridgehead atoms. The Morgan fingerprint density at radius 2 is 2.00 bits per heavy atom. The molecule has 0 radical (unpaired) electrons. The molecule has 0 fully saturated rings. The van der Waals surface area contributed by atoms with Crippen molar-refractivity contribution in [2.75, 3.05) is 23.8 Å². The summed E-state index contributed by atoms with van der Waals surface area (Å²) < 4.78 is 13.8. The third-order valence-corrected chi connectivity index (χ3v) is 3.63. The molecule has 3 heteroatoms.